The molecule has 1 aliphatic heterocycles. The van der Waals surface area contributed by atoms with Crippen molar-refractivity contribution in [2.45, 2.75) is 96.9 Å². The van der Waals surface area contributed by atoms with Crippen LogP contribution in [0.15, 0.2) is 47.5 Å². The fourth-order valence-corrected chi connectivity index (χ4v) is 6.51. The van der Waals surface area contributed by atoms with Crippen molar-refractivity contribution in [1.29, 1.82) is 0 Å². The highest BCUT2D eigenvalue weighted by molar-refractivity contribution is 6.46. The Hall–Kier alpha value is -3.76. The molecule has 0 saturated heterocycles. The number of nitrogens with zero attached hydrogens (tertiary/aromatic N) is 2. The van der Waals surface area contributed by atoms with Crippen molar-refractivity contribution in [3.8, 4) is 0 Å². The molecular weight excluding hydrogens is 590 g/mol. The van der Waals surface area contributed by atoms with E-state index in [0.717, 1.165) is 43.4 Å². The Balaban J connectivity index is 1.75. The van der Waals surface area contributed by atoms with Crippen molar-refractivity contribution < 1.29 is 37.1 Å². The van der Waals surface area contributed by atoms with E-state index in [0.29, 0.717) is 36.8 Å². The first kappa shape index (κ1) is 34.1. The number of carbonyl (C=O) groups is 3. The number of rotatable bonds is 10. The van der Waals surface area contributed by atoms with E-state index >= 15 is 0 Å². The van der Waals surface area contributed by atoms with Gasteiger partial charge in [-0.15, -0.1) is 0 Å². The number of unbranched alkanes of at least 4 members (excludes halogenated alkanes) is 1. The van der Waals surface area contributed by atoms with Gasteiger partial charge in [0.2, 0.25) is 0 Å². The molecule has 0 radical (unpaired) electrons. The summed E-state index contributed by atoms with van der Waals surface area (Å²) in [4.78, 5) is 44.3. The summed E-state index contributed by atoms with van der Waals surface area (Å²) >= 11 is 0. The van der Waals surface area contributed by atoms with Crippen molar-refractivity contribution in [3.05, 3.63) is 70.5 Å². The number of hydrogen-bond acceptors (Lipinski definition) is 4. The minimum atomic E-state index is -4.80. The molecule has 0 aromatic heterocycles. The highest BCUT2D eigenvalue weighted by Gasteiger charge is 2.52. The molecule has 1 atom stereocenters. The Morgan fingerprint density at radius 2 is 1.73 bits per heavy atom. The van der Waals surface area contributed by atoms with Gasteiger partial charge in [-0.1, -0.05) is 52.7 Å². The van der Waals surface area contributed by atoms with Crippen LogP contribution in [0.5, 0.6) is 0 Å². The Labute approximate surface area is 261 Å². The zero-order valence-electron chi connectivity index (χ0n) is 26.1. The van der Waals surface area contributed by atoms with E-state index in [9.17, 15) is 31.9 Å². The molecule has 2 N–H and O–H groups in total. The fraction of sp³-hybridized carbons (Fsp3) is 0.529. The maximum atomic E-state index is 14.5. The fourth-order valence-electron chi connectivity index (χ4n) is 6.51. The van der Waals surface area contributed by atoms with Crippen LogP contribution in [0.1, 0.15) is 112 Å². The molecule has 0 bridgehead atoms. The van der Waals surface area contributed by atoms with E-state index < -0.39 is 47.0 Å². The van der Waals surface area contributed by atoms with Gasteiger partial charge in [-0.05, 0) is 79.3 Å². The van der Waals surface area contributed by atoms with Crippen molar-refractivity contribution in [3.63, 3.8) is 0 Å². The molecule has 7 nitrogen and oxygen atoms in total. The molecule has 1 fully saturated rings. The molecule has 244 valence electrons. The molecule has 1 spiro atoms. The number of aliphatic carboxylic acids is 1. The third-order valence-corrected chi connectivity index (χ3v) is 9.02. The largest absolute Gasteiger partial charge is 0.481 e. The minimum absolute atomic E-state index is 0.0221. The molecule has 2 amide bonds. The zero-order valence-corrected chi connectivity index (χ0v) is 26.1. The molecule has 2 aromatic rings. The van der Waals surface area contributed by atoms with E-state index in [1.54, 1.807) is 29.2 Å². The maximum Gasteiger partial charge on any atom is 0.416 e. The van der Waals surface area contributed by atoms with Crippen LogP contribution >= 0.6 is 0 Å². The molecule has 1 unspecified atom stereocenters. The monoisotopic (exact) mass is 631 g/mol. The summed E-state index contributed by atoms with van der Waals surface area (Å²) < 4.78 is 55.4. The summed E-state index contributed by atoms with van der Waals surface area (Å²) in [5, 5.41) is 11.4. The highest BCUT2D eigenvalue weighted by atomic mass is 19.4. The SMILES string of the molecule is CCCCC(c1ccc(C(=O)NCCC(=O)O)cc1)N1C(=O)C(c2cc(F)cc(C(F)(F)F)c2)=NC12CCC(C(C)(C)C)CC2. The second kappa shape index (κ2) is 13.3. The number of amides is 2. The van der Waals surface area contributed by atoms with Gasteiger partial charge in [-0.25, -0.2) is 4.39 Å². The summed E-state index contributed by atoms with van der Waals surface area (Å²) in [5.74, 6) is -2.74. The van der Waals surface area contributed by atoms with E-state index in [1.165, 1.54) is 0 Å². The molecule has 1 aliphatic carbocycles. The minimum Gasteiger partial charge on any atom is -0.481 e. The Morgan fingerprint density at radius 1 is 1.09 bits per heavy atom. The quantitative estimate of drug-likeness (QED) is 0.265. The van der Waals surface area contributed by atoms with Gasteiger partial charge in [0, 0.05) is 17.7 Å². The number of carbonyl (C=O) groups excluding carboxylic acids is 2. The summed E-state index contributed by atoms with van der Waals surface area (Å²) in [7, 11) is 0. The van der Waals surface area contributed by atoms with Crippen LogP contribution in [-0.4, -0.2) is 45.7 Å². The first-order valence-corrected chi connectivity index (χ1v) is 15.5. The van der Waals surface area contributed by atoms with Gasteiger partial charge in [-0.2, -0.15) is 13.2 Å². The predicted octanol–water partition coefficient (Wildman–Crippen LogP) is 7.54. The normalized spacial score (nSPS) is 21.2. The van der Waals surface area contributed by atoms with Crippen LogP contribution in [0, 0.1) is 17.2 Å². The van der Waals surface area contributed by atoms with Crippen LogP contribution in [0.2, 0.25) is 0 Å². The van der Waals surface area contributed by atoms with E-state index in [-0.39, 0.29) is 29.7 Å². The molecule has 1 saturated carbocycles. The van der Waals surface area contributed by atoms with Gasteiger partial charge in [0.1, 0.15) is 17.2 Å². The van der Waals surface area contributed by atoms with E-state index in [2.05, 4.69) is 26.1 Å². The standard InChI is InChI=1S/C34H41F4N3O4/c1-5-6-7-27(21-8-10-22(11-9-21)30(44)39-17-14-28(42)43)41-31(45)29(23-18-25(34(36,37)38)20-26(35)19-23)40-33(41)15-12-24(13-16-33)32(2,3)4/h8-11,18-20,24,27H,5-7,12-17H2,1-4H3,(H,39,44)(H,42,43). The smallest absolute Gasteiger partial charge is 0.416 e. The van der Waals surface area contributed by atoms with Gasteiger partial charge < -0.3 is 15.3 Å². The number of benzene rings is 2. The molecule has 1 heterocycles. The maximum absolute atomic E-state index is 14.5. The number of halogens is 4. The number of alkyl halides is 3. The summed E-state index contributed by atoms with van der Waals surface area (Å²) in [5.41, 5.74) is -1.49. The van der Waals surface area contributed by atoms with Gasteiger partial charge in [0.25, 0.3) is 11.8 Å². The third-order valence-electron chi connectivity index (χ3n) is 9.02. The molecule has 11 heteroatoms. The lowest BCUT2D eigenvalue weighted by Gasteiger charge is -2.47. The van der Waals surface area contributed by atoms with Crippen molar-refractivity contribution in [1.82, 2.24) is 10.2 Å². The van der Waals surface area contributed by atoms with Gasteiger partial charge in [-0.3, -0.25) is 19.4 Å². The van der Waals surface area contributed by atoms with E-state index in [4.69, 9.17) is 10.1 Å². The molecular formula is C34H41F4N3O4. The van der Waals surface area contributed by atoms with Crippen molar-refractivity contribution >= 4 is 23.5 Å². The number of carboxylic acids is 1. The first-order valence-electron chi connectivity index (χ1n) is 15.5. The lowest BCUT2D eigenvalue weighted by Crippen LogP contribution is -2.51. The van der Waals surface area contributed by atoms with Crippen LogP contribution in [0.3, 0.4) is 0 Å². The van der Waals surface area contributed by atoms with Crippen molar-refractivity contribution in [2.75, 3.05) is 6.54 Å². The molecule has 45 heavy (non-hydrogen) atoms. The number of hydrogen-bond donors (Lipinski definition) is 2. The second-order valence-electron chi connectivity index (χ2n) is 13.2. The highest BCUT2D eigenvalue weighted by Crippen LogP contribution is 2.50. The average Bonchev–Trinajstić information content (AvgIpc) is 3.23. The molecule has 2 aliphatic rings. The third kappa shape index (κ3) is 7.73. The summed E-state index contributed by atoms with van der Waals surface area (Å²) in [6.45, 7) is 8.49. The van der Waals surface area contributed by atoms with Crippen LogP contribution < -0.4 is 5.32 Å². The topological polar surface area (TPSA) is 99.1 Å². The van der Waals surface area contributed by atoms with Gasteiger partial charge in [0.05, 0.1) is 18.0 Å². The number of carboxylic acid groups (broad SMARTS) is 1. The summed E-state index contributed by atoms with van der Waals surface area (Å²) in [6, 6.07) is 8.35. The first-order chi connectivity index (χ1) is 21.1. The Bertz CT molecular complexity index is 1440. The van der Waals surface area contributed by atoms with Gasteiger partial charge >= 0.3 is 12.1 Å². The lowest BCUT2D eigenvalue weighted by atomic mass is 9.69. The number of aliphatic imine (C=N–C) groups is 1. The molecule has 4 rings (SSSR count). The second-order valence-corrected chi connectivity index (χ2v) is 13.2. The lowest BCUT2D eigenvalue weighted by molar-refractivity contribution is -0.138. The Kier molecular flexibility index (Phi) is 10.1. The summed E-state index contributed by atoms with van der Waals surface area (Å²) in [6.07, 6.45) is -0.335. The van der Waals surface area contributed by atoms with Crippen molar-refractivity contribution in [2.24, 2.45) is 16.3 Å². The predicted molar refractivity (Wildman–Crippen MR) is 162 cm³/mol. The van der Waals surface area contributed by atoms with Crippen LogP contribution in [0.25, 0.3) is 0 Å². The Morgan fingerprint density at radius 3 is 2.29 bits per heavy atom. The number of nitrogens with one attached hydrogen (secondary N) is 1. The van der Waals surface area contributed by atoms with E-state index in [1.807, 2.05) is 6.92 Å². The zero-order chi connectivity index (χ0) is 33.2. The average molecular weight is 632 g/mol. The van der Waals surface area contributed by atoms with Crippen LogP contribution in [0.4, 0.5) is 17.6 Å². The van der Waals surface area contributed by atoms with Gasteiger partial charge in [0.15, 0.2) is 0 Å². The van der Waals surface area contributed by atoms with Crippen LogP contribution in [-0.2, 0) is 15.8 Å². The molecule has 2 aromatic carbocycles.